The Balaban J connectivity index is 1.33. The second kappa shape index (κ2) is 15.2. The molecule has 268 valence electrons. The molecule has 2 fully saturated rings. The first-order valence-electron chi connectivity index (χ1n) is 17.2. The number of carbonyl (C=O) groups is 5. The van der Waals surface area contributed by atoms with E-state index in [9.17, 15) is 29.1 Å². The van der Waals surface area contributed by atoms with Crippen LogP contribution in [0.1, 0.15) is 34.5 Å². The van der Waals surface area contributed by atoms with Crippen LogP contribution < -0.4 is 16.0 Å². The van der Waals surface area contributed by atoms with Gasteiger partial charge in [-0.2, -0.15) is 5.10 Å². The molecule has 2 aliphatic heterocycles. The third-order valence-corrected chi connectivity index (χ3v) is 9.91. The first-order chi connectivity index (χ1) is 24.5. The Morgan fingerprint density at radius 3 is 2.41 bits per heavy atom. The van der Waals surface area contributed by atoms with Gasteiger partial charge in [0.2, 0.25) is 29.5 Å². The van der Waals surface area contributed by atoms with Gasteiger partial charge in [-0.25, -0.2) is 0 Å². The van der Waals surface area contributed by atoms with Crippen molar-refractivity contribution in [2.75, 3.05) is 26.2 Å². The fraction of sp³-hybridized carbons (Fsp3) is 0.405. The molecular formula is C37H44N8O6. The molecule has 0 spiro atoms. The number of amides is 5. The minimum Gasteiger partial charge on any atom is -0.391 e. The van der Waals surface area contributed by atoms with Gasteiger partial charge in [-0.15, -0.1) is 0 Å². The average Bonchev–Trinajstić information content (AvgIpc) is 3.78. The number of rotatable bonds is 6. The van der Waals surface area contributed by atoms with E-state index in [0.717, 1.165) is 39.0 Å². The molecule has 14 nitrogen and oxygen atoms in total. The second-order valence-corrected chi connectivity index (χ2v) is 13.4. The molecule has 0 bridgehead atoms. The Morgan fingerprint density at radius 2 is 1.67 bits per heavy atom. The molecular weight excluding hydrogens is 652 g/mol. The number of aromatic nitrogens is 3. The van der Waals surface area contributed by atoms with Gasteiger partial charge < -0.3 is 35.8 Å². The summed E-state index contributed by atoms with van der Waals surface area (Å²) < 4.78 is 1.59. The van der Waals surface area contributed by atoms with Crippen molar-refractivity contribution >= 4 is 40.4 Å². The minimum absolute atomic E-state index is 0.00112. The monoisotopic (exact) mass is 696 g/mol. The van der Waals surface area contributed by atoms with Crippen molar-refractivity contribution in [3.8, 4) is 0 Å². The Bertz CT molecular complexity index is 1940. The molecule has 0 saturated carbocycles. The van der Waals surface area contributed by atoms with Crippen LogP contribution in [0.3, 0.4) is 0 Å². The van der Waals surface area contributed by atoms with E-state index in [4.69, 9.17) is 0 Å². The van der Waals surface area contributed by atoms with Crippen LogP contribution in [0.25, 0.3) is 10.9 Å². The van der Waals surface area contributed by atoms with Crippen molar-refractivity contribution in [3.63, 3.8) is 0 Å². The van der Waals surface area contributed by atoms with Crippen molar-refractivity contribution in [2.24, 2.45) is 0 Å². The van der Waals surface area contributed by atoms with Gasteiger partial charge in [0, 0.05) is 61.7 Å². The third-order valence-electron chi connectivity index (χ3n) is 9.91. The highest BCUT2D eigenvalue weighted by molar-refractivity contribution is 5.96. The normalized spacial score (nSPS) is 22.2. The number of aliphatic hydroxyl groups is 1. The Hall–Kier alpha value is -5.50. The van der Waals surface area contributed by atoms with Crippen molar-refractivity contribution in [1.29, 1.82) is 0 Å². The lowest BCUT2D eigenvalue weighted by molar-refractivity contribution is -0.142. The van der Waals surface area contributed by atoms with Gasteiger partial charge in [0.05, 0.1) is 18.3 Å². The van der Waals surface area contributed by atoms with Crippen LogP contribution in [0.2, 0.25) is 0 Å². The topological polar surface area (TPSA) is 182 Å². The van der Waals surface area contributed by atoms with Gasteiger partial charge in [0.1, 0.15) is 24.7 Å². The van der Waals surface area contributed by atoms with Crippen LogP contribution in [-0.4, -0.2) is 110 Å². The van der Waals surface area contributed by atoms with Gasteiger partial charge in [0.25, 0.3) is 0 Å². The summed E-state index contributed by atoms with van der Waals surface area (Å²) in [6.45, 7) is 5.00. The zero-order chi connectivity index (χ0) is 36.2. The van der Waals surface area contributed by atoms with Crippen molar-refractivity contribution < 1.29 is 29.1 Å². The Kier molecular flexibility index (Phi) is 10.5. The average molecular weight is 697 g/mol. The molecule has 2 aliphatic rings. The predicted molar refractivity (Wildman–Crippen MR) is 188 cm³/mol. The number of hydrogen-bond acceptors (Lipinski definition) is 7. The second-order valence-electron chi connectivity index (χ2n) is 13.4. The van der Waals surface area contributed by atoms with Gasteiger partial charge in [0.15, 0.2) is 0 Å². The van der Waals surface area contributed by atoms with Crippen LogP contribution in [0.15, 0.2) is 60.8 Å². The lowest BCUT2D eigenvalue weighted by Crippen LogP contribution is -2.57. The summed E-state index contributed by atoms with van der Waals surface area (Å²) in [4.78, 5) is 75.2. The van der Waals surface area contributed by atoms with E-state index in [1.54, 1.807) is 10.9 Å². The zero-order valence-corrected chi connectivity index (χ0v) is 29.0. The summed E-state index contributed by atoms with van der Waals surface area (Å²) in [7, 11) is 0. The van der Waals surface area contributed by atoms with E-state index in [1.165, 1.54) is 9.80 Å². The summed E-state index contributed by atoms with van der Waals surface area (Å²) in [5.41, 5.74) is 5.01. The number of fused-ring (bicyclic) bond motifs is 2. The first-order valence-corrected chi connectivity index (χ1v) is 17.2. The van der Waals surface area contributed by atoms with E-state index in [1.807, 2.05) is 75.4 Å². The van der Waals surface area contributed by atoms with E-state index in [-0.39, 0.29) is 52.0 Å². The first kappa shape index (κ1) is 35.3. The summed E-state index contributed by atoms with van der Waals surface area (Å²) in [5.74, 6) is -2.61. The van der Waals surface area contributed by atoms with E-state index < -0.39 is 53.8 Å². The lowest BCUT2D eigenvalue weighted by atomic mass is 10.0. The molecule has 0 aliphatic carbocycles. The van der Waals surface area contributed by atoms with Crippen LogP contribution in [0, 0.1) is 20.8 Å². The predicted octanol–water partition coefficient (Wildman–Crippen LogP) is 0.665. The number of aromatic amines is 1. The molecule has 2 aromatic carbocycles. The molecule has 5 N–H and O–H groups in total. The number of aliphatic hydroxyl groups excluding tert-OH is 1. The molecule has 4 aromatic rings. The van der Waals surface area contributed by atoms with Crippen LogP contribution in [-0.2, 0) is 43.4 Å². The fourth-order valence-corrected chi connectivity index (χ4v) is 6.86. The van der Waals surface area contributed by atoms with E-state index >= 15 is 0 Å². The number of aryl methyl sites for hydroxylation is 1. The smallest absolute Gasteiger partial charge is 0.246 e. The summed E-state index contributed by atoms with van der Waals surface area (Å²) in [6.07, 6.45) is 1.02. The number of nitrogens with one attached hydrogen (secondary N) is 4. The molecule has 6 rings (SSSR count). The molecule has 2 saturated heterocycles. The number of para-hydroxylation sites is 1. The standard InChI is InChI=1S/C37H44N8O6/c1-22-23(2)42-45(24(22)3)21-34(48)43-14-13-38-35(49)30(15-25-9-5-4-6-10-25)41-36(50)32-17-27(46)19-44(32)37(51)31(40-33(47)20-43)16-26-18-39-29-12-8-7-11-28(26)29/h4-12,18,27,30-32,39,46H,13-17,19-21H2,1-3H3,(H,38,49)(H,40,47)(H,41,50)/t27-,30+,31-,32+/m1/s1. The quantitative estimate of drug-likeness (QED) is 0.196. The molecule has 2 aromatic heterocycles. The third kappa shape index (κ3) is 7.96. The van der Waals surface area contributed by atoms with Crippen LogP contribution in [0.4, 0.5) is 0 Å². The number of H-pyrrole nitrogens is 1. The summed E-state index contributed by atoms with van der Waals surface area (Å²) in [5, 5.41) is 24.6. The molecule has 4 atom stereocenters. The molecule has 51 heavy (non-hydrogen) atoms. The van der Waals surface area contributed by atoms with Crippen molar-refractivity contribution in [3.05, 3.63) is 88.9 Å². The van der Waals surface area contributed by atoms with E-state index in [0.29, 0.717) is 0 Å². The fourth-order valence-electron chi connectivity index (χ4n) is 6.86. The number of nitrogens with zero attached hydrogens (tertiary/aromatic N) is 4. The van der Waals surface area contributed by atoms with Crippen molar-refractivity contribution in [2.45, 2.75) is 70.8 Å². The highest BCUT2D eigenvalue weighted by atomic mass is 16.3. The molecule has 0 unspecified atom stereocenters. The SMILES string of the molecule is Cc1nn(CC(=O)N2CCNC(=O)[C@H](Cc3ccccc3)NC(=O)[C@@H]3C[C@@H](O)CN3C(=O)[C@@H](Cc3c[nH]c4ccccc34)NC(=O)C2)c(C)c1C. The molecule has 4 heterocycles. The van der Waals surface area contributed by atoms with Gasteiger partial charge in [-0.05, 0) is 43.5 Å². The molecule has 5 amide bonds. The lowest BCUT2D eigenvalue weighted by Gasteiger charge is -2.30. The maximum absolute atomic E-state index is 14.4. The van der Waals surface area contributed by atoms with Crippen molar-refractivity contribution in [1.82, 2.24) is 40.5 Å². The van der Waals surface area contributed by atoms with Gasteiger partial charge >= 0.3 is 0 Å². The minimum atomic E-state index is -1.13. The maximum atomic E-state index is 14.4. The summed E-state index contributed by atoms with van der Waals surface area (Å²) >= 11 is 0. The number of benzene rings is 2. The highest BCUT2D eigenvalue weighted by Crippen LogP contribution is 2.24. The number of carbonyl (C=O) groups excluding carboxylic acids is 5. The maximum Gasteiger partial charge on any atom is 0.246 e. The largest absolute Gasteiger partial charge is 0.391 e. The van der Waals surface area contributed by atoms with Crippen LogP contribution in [0.5, 0.6) is 0 Å². The Labute approximate surface area is 295 Å². The van der Waals surface area contributed by atoms with Crippen LogP contribution >= 0.6 is 0 Å². The van der Waals surface area contributed by atoms with E-state index in [2.05, 4.69) is 26.0 Å². The van der Waals surface area contributed by atoms with Gasteiger partial charge in [-0.3, -0.25) is 28.7 Å². The summed E-state index contributed by atoms with van der Waals surface area (Å²) in [6, 6.07) is 13.6. The van der Waals surface area contributed by atoms with Gasteiger partial charge in [-0.1, -0.05) is 48.5 Å². The molecule has 0 radical (unpaired) electrons. The zero-order valence-electron chi connectivity index (χ0n) is 29.0. The Morgan fingerprint density at radius 1 is 0.922 bits per heavy atom. The number of hydrogen-bond donors (Lipinski definition) is 5. The molecule has 14 heteroatoms. The highest BCUT2D eigenvalue weighted by Gasteiger charge is 2.43.